The summed E-state index contributed by atoms with van der Waals surface area (Å²) in [5.41, 5.74) is 0. The lowest BCUT2D eigenvalue weighted by Gasteiger charge is -1.93. The van der Waals surface area contributed by atoms with Gasteiger partial charge in [-0.3, -0.25) is 0 Å². The van der Waals surface area contributed by atoms with E-state index in [2.05, 4.69) is 31.4 Å². The standard InChI is InChI=1S/C9H10BrN3OS/c1-2-11-5-8-12-13-9(14-8)6-3-4-7(10)15-6/h3-4,11H,2,5H2,1H3. The van der Waals surface area contributed by atoms with Gasteiger partial charge in [0.2, 0.25) is 5.89 Å². The largest absolute Gasteiger partial charge is 0.419 e. The summed E-state index contributed by atoms with van der Waals surface area (Å²) in [7, 11) is 0. The van der Waals surface area contributed by atoms with Crippen LogP contribution in [0.2, 0.25) is 0 Å². The number of halogens is 1. The van der Waals surface area contributed by atoms with Gasteiger partial charge in [-0.05, 0) is 34.6 Å². The first-order valence-electron chi connectivity index (χ1n) is 4.58. The molecule has 6 heteroatoms. The van der Waals surface area contributed by atoms with Crippen LogP contribution in [0.25, 0.3) is 10.8 Å². The molecule has 0 fully saturated rings. The number of rotatable bonds is 4. The van der Waals surface area contributed by atoms with Gasteiger partial charge in [0.1, 0.15) is 0 Å². The first kappa shape index (κ1) is 10.8. The highest BCUT2D eigenvalue weighted by Gasteiger charge is 2.09. The first-order valence-corrected chi connectivity index (χ1v) is 6.19. The second-order valence-corrected chi connectivity index (χ2v) is 5.35. The molecule has 0 aliphatic rings. The number of aromatic nitrogens is 2. The Hall–Kier alpha value is -0.720. The molecule has 2 aromatic rings. The molecule has 2 rings (SSSR count). The van der Waals surface area contributed by atoms with Gasteiger partial charge in [0.25, 0.3) is 5.89 Å². The van der Waals surface area contributed by atoms with Crippen molar-refractivity contribution in [3.63, 3.8) is 0 Å². The maximum absolute atomic E-state index is 5.49. The Labute approximate surface area is 99.8 Å². The van der Waals surface area contributed by atoms with E-state index in [0.29, 0.717) is 18.3 Å². The van der Waals surface area contributed by atoms with E-state index in [-0.39, 0.29) is 0 Å². The number of thiophene rings is 1. The fourth-order valence-electron chi connectivity index (χ4n) is 1.09. The van der Waals surface area contributed by atoms with Gasteiger partial charge in [-0.15, -0.1) is 21.5 Å². The zero-order valence-corrected chi connectivity index (χ0v) is 10.6. The summed E-state index contributed by atoms with van der Waals surface area (Å²) >= 11 is 4.97. The molecule has 1 N–H and O–H groups in total. The molecule has 0 amide bonds. The number of nitrogens with one attached hydrogen (secondary N) is 1. The second kappa shape index (κ2) is 4.87. The highest BCUT2D eigenvalue weighted by Crippen LogP contribution is 2.30. The van der Waals surface area contributed by atoms with Gasteiger partial charge in [0.15, 0.2) is 0 Å². The van der Waals surface area contributed by atoms with Crippen LogP contribution in [0.4, 0.5) is 0 Å². The van der Waals surface area contributed by atoms with Gasteiger partial charge in [-0.25, -0.2) is 0 Å². The van der Waals surface area contributed by atoms with Crippen molar-refractivity contribution in [1.29, 1.82) is 0 Å². The zero-order valence-electron chi connectivity index (χ0n) is 8.16. The van der Waals surface area contributed by atoms with Crippen LogP contribution in [0, 0.1) is 0 Å². The molecule has 0 saturated carbocycles. The summed E-state index contributed by atoms with van der Waals surface area (Å²) in [6.45, 7) is 3.55. The Balaban J connectivity index is 2.13. The normalized spacial score (nSPS) is 10.8. The maximum atomic E-state index is 5.49. The second-order valence-electron chi connectivity index (χ2n) is 2.89. The van der Waals surface area contributed by atoms with E-state index in [9.17, 15) is 0 Å². The third kappa shape index (κ3) is 2.64. The minimum Gasteiger partial charge on any atom is -0.419 e. The summed E-state index contributed by atoms with van der Waals surface area (Å²) in [6, 6.07) is 3.92. The van der Waals surface area contributed by atoms with Gasteiger partial charge >= 0.3 is 0 Å². The van der Waals surface area contributed by atoms with Gasteiger partial charge in [-0.2, -0.15) is 0 Å². The van der Waals surface area contributed by atoms with E-state index in [1.54, 1.807) is 11.3 Å². The lowest BCUT2D eigenvalue weighted by molar-refractivity contribution is 0.483. The predicted octanol–water partition coefficient (Wildman–Crippen LogP) is 2.67. The highest BCUT2D eigenvalue weighted by molar-refractivity contribution is 9.11. The van der Waals surface area contributed by atoms with Crippen LogP contribution < -0.4 is 5.32 Å². The lowest BCUT2D eigenvalue weighted by Crippen LogP contribution is -2.11. The van der Waals surface area contributed by atoms with E-state index in [1.807, 2.05) is 19.1 Å². The van der Waals surface area contributed by atoms with Crippen LogP contribution in [0.5, 0.6) is 0 Å². The summed E-state index contributed by atoms with van der Waals surface area (Å²) in [4.78, 5) is 0.983. The minimum absolute atomic E-state index is 0.582. The summed E-state index contributed by atoms with van der Waals surface area (Å²) in [6.07, 6.45) is 0. The van der Waals surface area contributed by atoms with Crippen LogP contribution in [0.3, 0.4) is 0 Å². The smallest absolute Gasteiger partial charge is 0.257 e. The highest BCUT2D eigenvalue weighted by atomic mass is 79.9. The Kier molecular flexibility index (Phi) is 3.50. The van der Waals surface area contributed by atoms with Gasteiger partial charge < -0.3 is 9.73 Å². The molecule has 0 radical (unpaired) electrons. The van der Waals surface area contributed by atoms with Gasteiger partial charge in [0.05, 0.1) is 15.2 Å². The third-order valence-corrected chi connectivity index (χ3v) is 3.39. The molecule has 2 heterocycles. The van der Waals surface area contributed by atoms with Crippen LogP contribution in [-0.4, -0.2) is 16.7 Å². The van der Waals surface area contributed by atoms with E-state index in [4.69, 9.17) is 4.42 Å². The van der Waals surface area contributed by atoms with E-state index in [0.717, 1.165) is 15.2 Å². The lowest BCUT2D eigenvalue weighted by atomic mass is 10.5. The monoisotopic (exact) mass is 287 g/mol. The van der Waals surface area contributed by atoms with Crippen LogP contribution in [0.15, 0.2) is 20.3 Å². The van der Waals surface area contributed by atoms with E-state index < -0.39 is 0 Å². The quantitative estimate of drug-likeness (QED) is 0.939. The van der Waals surface area contributed by atoms with E-state index >= 15 is 0 Å². The Morgan fingerprint density at radius 2 is 2.33 bits per heavy atom. The van der Waals surface area contributed by atoms with Crippen molar-refractivity contribution >= 4 is 27.3 Å². The molecule has 0 bridgehead atoms. The number of hydrogen-bond acceptors (Lipinski definition) is 5. The summed E-state index contributed by atoms with van der Waals surface area (Å²) in [5.74, 6) is 1.20. The molecular formula is C9H10BrN3OS. The van der Waals surface area contributed by atoms with Crippen LogP contribution in [0.1, 0.15) is 12.8 Å². The van der Waals surface area contributed by atoms with Gasteiger partial charge in [-0.1, -0.05) is 6.92 Å². The minimum atomic E-state index is 0.582. The zero-order chi connectivity index (χ0) is 10.7. The van der Waals surface area contributed by atoms with Crippen molar-refractivity contribution in [3.05, 3.63) is 21.8 Å². The molecule has 0 aliphatic heterocycles. The van der Waals surface area contributed by atoms with Crippen molar-refractivity contribution in [2.75, 3.05) is 6.54 Å². The Morgan fingerprint density at radius 3 is 3.00 bits per heavy atom. The predicted molar refractivity (Wildman–Crippen MR) is 62.7 cm³/mol. The fourth-order valence-corrected chi connectivity index (χ4v) is 2.39. The van der Waals surface area contributed by atoms with Crippen molar-refractivity contribution in [3.8, 4) is 10.8 Å². The Bertz CT molecular complexity index is 440. The molecule has 80 valence electrons. The molecule has 2 aromatic heterocycles. The summed E-state index contributed by atoms with van der Waals surface area (Å²) < 4.78 is 6.55. The average molecular weight is 288 g/mol. The van der Waals surface area contributed by atoms with Crippen LogP contribution >= 0.6 is 27.3 Å². The third-order valence-electron chi connectivity index (χ3n) is 1.78. The SMILES string of the molecule is CCNCc1nnc(-c2ccc(Br)s2)o1. The molecular weight excluding hydrogens is 278 g/mol. The number of nitrogens with zero attached hydrogens (tertiary/aromatic N) is 2. The van der Waals surface area contributed by atoms with Crippen LogP contribution in [-0.2, 0) is 6.54 Å². The topological polar surface area (TPSA) is 51.0 Å². The molecule has 0 aliphatic carbocycles. The molecule has 0 spiro atoms. The Morgan fingerprint density at radius 1 is 1.47 bits per heavy atom. The molecule has 0 unspecified atom stereocenters. The van der Waals surface area contributed by atoms with E-state index in [1.165, 1.54) is 0 Å². The molecule has 0 aromatic carbocycles. The molecule has 15 heavy (non-hydrogen) atoms. The van der Waals surface area contributed by atoms with Gasteiger partial charge in [0, 0.05) is 0 Å². The van der Waals surface area contributed by atoms with Crippen molar-refractivity contribution in [2.24, 2.45) is 0 Å². The molecule has 0 atom stereocenters. The van der Waals surface area contributed by atoms with Crippen molar-refractivity contribution in [1.82, 2.24) is 15.5 Å². The summed E-state index contributed by atoms with van der Waals surface area (Å²) in [5, 5.41) is 11.1. The first-order chi connectivity index (χ1) is 7.29. The van der Waals surface area contributed by atoms with Crippen molar-refractivity contribution < 1.29 is 4.42 Å². The van der Waals surface area contributed by atoms with Crippen molar-refractivity contribution in [2.45, 2.75) is 13.5 Å². The fraction of sp³-hybridized carbons (Fsp3) is 0.333. The number of hydrogen-bond donors (Lipinski definition) is 1. The molecule has 0 saturated heterocycles. The molecule has 4 nitrogen and oxygen atoms in total. The maximum Gasteiger partial charge on any atom is 0.257 e. The average Bonchev–Trinajstić information content (AvgIpc) is 2.83.